The number of nitro benzene ring substituents is 1. The van der Waals surface area contributed by atoms with E-state index in [-0.39, 0.29) is 17.5 Å². The average molecular weight is 495 g/mol. The fraction of sp³-hybridized carbons (Fsp3) is 0.0741. The monoisotopic (exact) mass is 494 g/mol. The zero-order valence-electron chi connectivity index (χ0n) is 18.8. The molecule has 5 rings (SSSR count). The summed E-state index contributed by atoms with van der Waals surface area (Å²) in [6, 6.07) is 23.1. The van der Waals surface area contributed by atoms with Crippen LogP contribution < -0.4 is 0 Å². The zero-order valence-corrected chi connectivity index (χ0v) is 19.6. The first-order valence-electron chi connectivity index (χ1n) is 11.0. The summed E-state index contributed by atoms with van der Waals surface area (Å²) in [4.78, 5) is 37.8. The van der Waals surface area contributed by atoms with Crippen molar-refractivity contribution >= 4 is 45.6 Å². The summed E-state index contributed by atoms with van der Waals surface area (Å²) in [5.74, 6) is -0.398. The zero-order chi connectivity index (χ0) is 25.2. The van der Waals surface area contributed by atoms with Crippen LogP contribution in [0.3, 0.4) is 0 Å². The number of carbonyl (C=O) groups is 2. The molecule has 176 valence electrons. The SMILES string of the molecule is N#Cc1ccccc1CN1C(=O)S/C(=C\c2cn(Cc3ccc([N+](=O)[O-])cc3)c3ccccc23)C1=O. The summed E-state index contributed by atoms with van der Waals surface area (Å²) in [6.07, 6.45) is 3.63. The van der Waals surface area contributed by atoms with Gasteiger partial charge in [0.1, 0.15) is 0 Å². The number of nitriles is 1. The molecule has 8 nitrogen and oxygen atoms in total. The van der Waals surface area contributed by atoms with Crippen molar-refractivity contribution in [2.24, 2.45) is 0 Å². The smallest absolute Gasteiger partial charge is 0.293 e. The Morgan fingerprint density at radius 3 is 2.44 bits per heavy atom. The van der Waals surface area contributed by atoms with E-state index >= 15 is 0 Å². The normalized spacial score (nSPS) is 14.5. The van der Waals surface area contributed by atoms with E-state index in [4.69, 9.17) is 0 Å². The quantitative estimate of drug-likeness (QED) is 0.193. The molecule has 1 saturated heterocycles. The van der Waals surface area contributed by atoms with Gasteiger partial charge in [0.2, 0.25) is 0 Å². The van der Waals surface area contributed by atoms with Crippen molar-refractivity contribution < 1.29 is 14.5 Å². The van der Waals surface area contributed by atoms with Gasteiger partial charge in [-0.2, -0.15) is 5.26 Å². The molecule has 1 aliphatic rings. The van der Waals surface area contributed by atoms with Crippen LogP contribution in [0.15, 0.2) is 83.9 Å². The molecule has 3 aromatic carbocycles. The number of nitrogens with zero attached hydrogens (tertiary/aromatic N) is 4. The molecule has 0 saturated carbocycles. The van der Waals surface area contributed by atoms with Crippen LogP contribution in [0, 0.1) is 21.4 Å². The molecular weight excluding hydrogens is 476 g/mol. The first-order chi connectivity index (χ1) is 17.4. The lowest BCUT2D eigenvalue weighted by molar-refractivity contribution is -0.384. The number of non-ortho nitro benzene ring substituents is 1. The van der Waals surface area contributed by atoms with E-state index < -0.39 is 10.8 Å². The minimum atomic E-state index is -0.432. The van der Waals surface area contributed by atoms with Crippen LogP contribution in [0.1, 0.15) is 22.3 Å². The summed E-state index contributed by atoms with van der Waals surface area (Å²) in [6.45, 7) is 0.520. The first-order valence-corrected chi connectivity index (χ1v) is 11.8. The molecule has 36 heavy (non-hydrogen) atoms. The van der Waals surface area contributed by atoms with Gasteiger partial charge in [0.05, 0.1) is 28.0 Å². The van der Waals surface area contributed by atoms with E-state index in [9.17, 15) is 25.0 Å². The highest BCUT2D eigenvalue weighted by atomic mass is 32.2. The number of para-hydroxylation sites is 1. The lowest BCUT2D eigenvalue weighted by Crippen LogP contribution is -2.27. The van der Waals surface area contributed by atoms with Crippen molar-refractivity contribution in [1.82, 2.24) is 9.47 Å². The fourth-order valence-electron chi connectivity index (χ4n) is 4.16. The summed E-state index contributed by atoms with van der Waals surface area (Å²) in [7, 11) is 0. The van der Waals surface area contributed by atoms with Crippen LogP contribution in [-0.2, 0) is 17.9 Å². The van der Waals surface area contributed by atoms with Crippen molar-refractivity contribution in [2.75, 3.05) is 0 Å². The maximum absolute atomic E-state index is 13.1. The first kappa shape index (κ1) is 23.1. The van der Waals surface area contributed by atoms with Crippen molar-refractivity contribution in [2.45, 2.75) is 13.1 Å². The Balaban J connectivity index is 1.45. The van der Waals surface area contributed by atoms with Crippen molar-refractivity contribution in [3.63, 3.8) is 0 Å². The number of rotatable bonds is 6. The van der Waals surface area contributed by atoms with Gasteiger partial charge in [-0.15, -0.1) is 0 Å². The number of aromatic nitrogens is 1. The molecule has 0 radical (unpaired) electrons. The molecule has 0 spiro atoms. The standard InChI is InChI=1S/C27H18N4O4S/c28-14-19-5-1-2-6-20(19)17-30-26(32)25(36-27(30)33)13-21-16-29(24-8-4-3-7-23(21)24)15-18-9-11-22(12-10-18)31(34)35/h1-13,16H,15,17H2/b25-13-. The van der Waals surface area contributed by atoms with Crippen LogP contribution in [-0.4, -0.2) is 25.5 Å². The largest absolute Gasteiger partial charge is 0.342 e. The summed E-state index contributed by atoms with van der Waals surface area (Å²) in [5.41, 5.74) is 3.69. The minimum Gasteiger partial charge on any atom is -0.342 e. The van der Waals surface area contributed by atoms with E-state index in [0.717, 1.165) is 38.7 Å². The van der Waals surface area contributed by atoms with Crippen molar-refractivity contribution in [1.29, 1.82) is 5.26 Å². The Morgan fingerprint density at radius 1 is 0.972 bits per heavy atom. The Bertz CT molecular complexity index is 1600. The maximum atomic E-state index is 13.1. The molecule has 2 heterocycles. The minimum absolute atomic E-state index is 0.0323. The van der Waals surface area contributed by atoms with E-state index in [1.54, 1.807) is 42.5 Å². The summed E-state index contributed by atoms with van der Waals surface area (Å²) in [5, 5.41) is 20.8. The molecule has 2 amide bonds. The molecule has 0 N–H and O–H groups in total. The third-order valence-corrected chi connectivity index (χ3v) is 6.85. The van der Waals surface area contributed by atoms with Crippen LogP contribution >= 0.6 is 11.8 Å². The molecule has 1 fully saturated rings. The van der Waals surface area contributed by atoms with Gasteiger partial charge in [-0.25, -0.2) is 0 Å². The number of nitro groups is 1. The van der Waals surface area contributed by atoms with Crippen molar-refractivity contribution in [3.8, 4) is 6.07 Å². The second-order valence-electron chi connectivity index (χ2n) is 8.19. The van der Waals surface area contributed by atoms with Gasteiger partial charge in [0.15, 0.2) is 0 Å². The molecule has 0 atom stereocenters. The highest BCUT2D eigenvalue weighted by molar-refractivity contribution is 8.18. The Morgan fingerprint density at radius 2 is 1.69 bits per heavy atom. The number of carbonyl (C=O) groups excluding carboxylic acids is 2. The highest BCUT2D eigenvalue weighted by Crippen LogP contribution is 2.35. The lowest BCUT2D eigenvalue weighted by Gasteiger charge is -2.13. The van der Waals surface area contributed by atoms with Crippen molar-refractivity contribution in [3.05, 3.63) is 116 Å². The van der Waals surface area contributed by atoms with Crippen LogP contribution in [0.5, 0.6) is 0 Å². The topological polar surface area (TPSA) is 109 Å². The lowest BCUT2D eigenvalue weighted by atomic mass is 10.1. The third-order valence-electron chi connectivity index (χ3n) is 5.95. The van der Waals surface area contributed by atoms with Crippen LogP contribution in [0.25, 0.3) is 17.0 Å². The van der Waals surface area contributed by atoms with E-state index in [2.05, 4.69) is 6.07 Å². The fourth-order valence-corrected chi connectivity index (χ4v) is 4.99. The Kier molecular flexibility index (Phi) is 6.10. The van der Waals surface area contributed by atoms with Gasteiger partial charge < -0.3 is 4.57 Å². The highest BCUT2D eigenvalue weighted by Gasteiger charge is 2.35. The van der Waals surface area contributed by atoms with Crippen LogP contribution in [0.2, 0.25) is 0 Å². The Hall–Kier alpha value is -4.68. The second-order valence-corrected chi connectivity index (χ2v) is 9.18. The van der Waals surface area contributed by atoms with Gasteiger partial charge in [-0.05, 0) is 41.1 Å². The number of amides is 2. The second kappa shape index (κ2) is 9.52. The predicted octanol–water partition coefficient (Wildman–Crippen LogP) is 5.71. The van der Waals surface area contributed by atoms with E-state index in [0.29, 0.717) is 22.6 Å². The number of hydrogen-bond acceptors (Lipinski definition) is 6. The molecule has 4 aromatic rings. The predicted molar refractivity (Wildman–Crippen MR) is 137 cm³/mol. The molecule has 1 aliphatic heterocycles. The number of hydrogen-bond donors (Lipinski definition) is 0. The van der Waals surface area contributed by atoms with E-state index in [1.807, 2.05) is 35.0 Å². The average Bonchev–Trinajstić information content (AvgIpc) is 3.36. The van der Waals surface area contributed by atoms with Gasteiger partial charge in [0, 0.05) is 41.3 Å². The number of benzene rings is 3. The molecular formula is C27H18N4O4S. The van der Waals surface area contributed by atoms with Gasteiger partial charge >= 0.3 is 0 Å². The van der Waals surface area contributed by atoms with Crippen LogP contribution in [0.4, 0.5) is 10.5 Å². The Labute approximate surface area is 210 Å². The van der Waals surface area contributed by atoms with Gasteiger partial charge in [-0.3, -0.25) is 24.6 Å². The molecule has 0 aliphatic carbocycles. The molecule has 0 unspecified atom stereocenters. The van der Waals surface area contributed by atoms with E-state index in [1.165, 1.54) is 12.1 Å². The summed E-state index contributed by atoms with van der Waals surface area (Å²) < 4.78 is 2.01. The number of imide groups is 1. The molecule has 0 bridgehead atoms. The summed E-state index contributed by atoms with van der Waals surface area (Å²) >= 11 is 0.878. The number of thioether (sulfide) groups is 1. The number of fused-ring (bicyclic) bond motifs is 1. The van der Waals surface area contributed by atoms with Gasteiger partial charge in [-0.1, -0.05) is 48.5 Å². The maximum Gasteiger partial charge on any atom is 0.293 e. The van der Waals surface area contributed by atoms with Gasteiger partial charge in [0.25, 0.3) is 16.8 Å². The molecule has 1 aromatic heterocycles. The molecule has 9 heteroatoms. The third kappa shape index (κ3) is 4.37.